The number of hydrogen-bond donors (Lipinski definition) is 3. The maximum atomic E-state index is 12.3. The second-order valence-corrected chi connectivity index (χ2v) is 6.41. The van der Waals surface area contributed by atoms with E-state index in [1.165, 1.54) is 12.3 Å². The molecule has 0 bridgehead atoms. The van der Waals surface area contributed by atoms with Crippen LogP contribution in [0.1, 0.15) is 5.69 Å². The Kier molecular flexibility index (Phi) is 3.40. The molecule has 0 saturated carbocycles. The first kappa shape index (κ1) is 13.7. The largest absolute Gasteiger partial charge is 0.363 e. The molecule has 0 spiro atoms. The molecule has 6 heteroatoms. The van der Waals surface area contributed by atoms with Crippen LogP contribution in [-0.4, -0.2) is 13.4 Å². The van der Waals surface area contributed by atoms with Gasteiger partial charge >= 0.3 is 0 Å². The van der Waals surface area contributed by atoms with Gasteiger partial charge in [0.25, 0.3) is 10.0 Å². The SMILES string of the molecule is NCc1cc(S(=O)(=O)Nc2ccc3ccccc3c2)c[nH]1. The van der Waals surface area contributed by atoms with Crippen molar-refractivity contribution in [1.82, 2.24) is 4.98 Å². The monoisotopic (exact) mass is 301 g/mol. The highest BCUT2D eigenvalue weighted by Gasteiger charge is 2.16. The topological polar surface area (TPSA) is 88.0 Å². The Hall–Kier alpha value is -2.31. The predicted octanol–water partition coefficient (Wildman–Crippen LogP) is 2.43. The van der Waals surface area contributed by atoms with Gasteiger partial charge in [-0.1, -0.05) is 30.3 Å². The summed E-state index contributed by atoms with van der Waals surface area (Å²) in [7, 11) is -3.61. The summed E-state index contributed by atoms with van der Waals surface area (Å²) in [5, 5.41) is 2.04. The lowest BCUT2D eigenvalue weighted by atomic mass is 10.1. The number of aromatic nitrogens is 1. The highest BCUT2D eigenvalue weighted by Crippen LogP contribution is 2.22. The van der Waals surface area contributed by atoms with E-state index >= 15 is 0 Å². The van der Waals surface area contributed by atoms with Gasteiger partial charge in [0.05, 0.1) is 0 Å². The first-order valence-electron chi connectivity index (χ1n) is 6.47. The molecule has 0 amide bonds. The van der Waals surface area contributed by atoms with Crippen molar-refractivity contribution in [3.8, 4) is 0 Å². The number of rotatable bonds is 4. The molecule has 2 aromatic carbocycles. The molecular weight excluding hydrogens is 286 g/mol. The maximum Gasteiger partial charge on any atom is 0.263 e. The molecule has 0 saturated heterocycles. The van der Waals surface area contributed by atoms with Gasteiger partial charge in [-0.2, -0.15) is 0 Å². The number of nitrogens with two attached hydrogens (primary N) is 1. The molecule has 0 aliphatic heterocycles. The third kappa shape index (κ3) is 2.76. The van der Waals surface area contributed by atoms with E-state index in [4.69, 9.17) is 5.73 Å². The summed E-state index contributed by atoms with van der Waals surface area (Å²) in [6.07, 6.45) is 1.44. The molecule has 21 heavy (non-hydrogen) atoms. The van der Waals surface area contributed by atoms with Gasteiger partial charge in [-0.25, -0.2) is 8.42 Å². The van der Waals surface area contributed by atoms with Crippen molar-refractivity contribution in [2.45, 2.75) is 11.4 Å². The molecule has 0 aliphatic rings. The number of hydrogen-bond acceptors (Lipinski definition) is 3. The Labute approximate surface area is 122 Å². The molecule has 3 rings (SSSR count). The quantitative estimate of drug-likeness (QED) is 0.691. The molecule has 0 atom stereocenters. The lowest BCUT2D eigenvalue weighted by Crippen LogP contribution is -2.12. The smallest absolute Gasteiger partial charge is 0.263 e. The van der Waals surface area contributed by atoms with Gasteiger partial charge in [-0.05, 0) is 29.0 Å². The molecule has 0 radical (unpaired) electrons. The third-order valence-electron chi connectivity index (χ3n) is 3.25. The Morgan fingerprint density at radius 2 is 1.81 bits per heavy atom. The molecule has 108 valence electrons. The van der Waals surface area contributed by atoms with Gasteiger partial charge in [0.2, 0.25) is 0 Å². The van der Waals surface area contributed by atoms with Gasteiger partial charge in [0.15, 0.2) is 0 Å². The van der Waals surface area contributed by atoms with Crippen LogP contribution >= 0.6 is 0 Å². The number of aromatic amines is 1. The van der Waals surface area contributed by atoms with Crippen LogP contribution in [0.25, 0.3) is 10.8 Å². The lowest BCUT2D eigenvalue weighted by molar-refractivity contribution is 0.601. The molecule has 1 aromatic heterocycles. The zero-order valence-electron chi connectivity index (χ0n) is 11.2. The van der Waals surface area contributed by atoms with E-state index in [0.717, 1.165) is 10.8 Å². The highest BCUT2D eigenvalue weighted by molar-refractivity contribution is 7.92. The molecular formula is C15H15N3O2S. The summed E-state index contributed by atoms with van der Waals surface area (Å²) in [5.41, 5.74) is 6.68. The molecule has 5 nitrogen and oxygen atoms in total. The normalized spacial score (nSPS) is 11.7. The summed E-state index contributed by atoms with van der Waals surface area (Å²) in [4.78, 5) is 3.01. The van der Waals surface area contributed by atoms with Crippen LogP contribution in [0.3, 0.4) is 0 Å². The third-order valence-corrected chi connectivity index (χ3v) is 4.61. The van der Waals surface area contributed by atoms with Crippen molar-refractivity contribution < 1.29 is 8.42 Å². The minimum Gasteiger partial charge on any atom is -0.363 e. The summed E-state index contributed by atoms with van der Waals surface area (Å²) in [6, 6.07) is 14.8. The summed E-state index contributed by atoms with van der Waals surface area (Å²) in [5.74, 6) is 0. The predicted molar refractivity (Wildman–Crippen MR) is 83.4 cm³/mol. The average Bonchev–Trinajstić information content (AvgIpc) is 2.96. The fraction of sp³-hybridized carbons (Fsp3) is 0.0667. The van der Waals surface area contributed by atoms with Gasteiger partial charge in [0, 0.05) is 24.1 Å². The van der Waals surface area contributed by atoms with Crippen LogP contribution in [0.4, 0.5) is 5.69 Å². The van der Waals surface area contributed by atoms with Crippen molar-refractivity contribution in [1.29, 1.82) is 0 Å². The Morgan fingerprint density at radius 3 is 2.52 bits per heavy atom. The minimum atomic E-state index is -3.61. The van der Waals surface area contributed by atoms with E-state index in [1.807, 2.05) is 36.4 Å². The van der Waals surface area contributed by atoms with Crippen LogP contribution < -0.4 is 10.5 Å². The van der Waals surface area contributed by atoms with Crippen molar-refractivity contribution in [3.05, 3.63) is 60.4 Å². The van der Waals surface area contributed by atoms with E-state index in [9.17, 15) is 8.42 Å². The second kappa shape index (κ2) is 5.23. The van der Waals surface area contributed by atoms with Crippen LogP contribution in [0, 0.1) is 0 Å². The molecule has 0 fully saturated rings. The first-order chi connectivity index (χ1) is 10.1. The van der Waals surface area contributed by atoms with Crippen LogP contribution in [0.15, 0.2) is 59.6 Å². The highest BCUT2D eigenvalue weighted by atomic mass is 32.2. The fourth-order valence-corrected chi connectivity index (χ4v) is 3.23. The number of sulfonamides is 1. The van der Waals surface area contributed by atoms with Crippen molar-refractivity contribution in [2.24, 2.45) is 5.73 Å². The second-order valence-electron chi connectivity index (χ2n) is 4.73. The summed E-state index contributed by atoms with van der Waals surface area (Å²) >= 11 is 0. The zero-order chi connectivity index (χ0) is 14.9. The van der Waals surface area contributed by atoms with Gasteiger partial charge < -0.3 is 10.7 Å². The van der Waals surface area contributed by atoms with E-state index in [0.29, 0.717) is 11.4 Å². The Morgan fingerprint density at radius 1 is 1.05 bits per heavy atom. The first-order valence-corrected chi connectivity index (χ1v) is 7.96. The lowest BCUT2D eigenvalue weighted by Gasteiger charge is -2.07. The van der Waals surface area contributed by atoms with Crippen molar-refractivity contribution in [3.63, 3.8) is 0 Å². The van der Waals surface area contributed by atoms with Crippen LogP contribution in [0.5, 0.6) is 0 Å². The van der Waals surface area contributed by atoms with Gasteiger partial charge in [-0.15, -0.1) is 0 Å². The standard InChI is InChI=1S/C15H15N3O2S/c16-9-14-8-15(10-17-14)21(19,20)18-13-6-5-11-3-1-2-4-12(11)7-13/h1-8,10,17-18H,9,16H2. The number of fused-ring (bicyclic) bond motifs is 1. The molecule has 0 aliphatic carbocycles. The number of benzene rings is 2. The van der Waals surface area contributed by atoms with Crippen molar-refractivity contribution >= 4 is 26.5 Å². The van der Waals surface area contributed by atoms with E-state index < -0.39 is 10.0 Å². The maximum absolute atomic E-state index is 12.3. The fourth-order valence-electron chi connectivity index (χ4n) is 2.16. The van der Waals surface area contributed by atoms with E-state index in [2.05, 4.69) is 9.71 Å². The molecule has 0 unspecified atom stereocenters. The van der Waals surface area contributed by atoms with Crippen LogP contribution in [-0.2, 0) is 16.6 Å². The minimum absolute atomic E-state index is 0.177. The van der Waals surface area contributed by atoms with Crippen molar-refractivity contribution in [2.75, 3.05) is 4.72 Å². The van der Waals surface area contributed by atoms with E-state index in [1.54, 1.807) is 6.07 Å². The van der Waals surface area contributed by atoms with Gasteiger partial charge in [-0.3, -0.25) is 4.72 Å². The number of H-pyrrole nitrogens is 1. The van der Waals surface area contributed by atoms with Gasteiger partial charge in [0.1, 0.15) is 4.90 Å². The number of nitrogens with one attached hydrogen (secondary N) is 2. The van der Waals surface area contributed by atoms with Crippen LogP contribution in [0.2, 0.25) is 0 Å². The molecule has 4 N–H and O–H groups in total. The Balaban J connectivity index is 1.93. The van der Waals surface area contributed by atoms with E-state index in [-0.39, 0.29) is 11.4 Å². The summed E-state index contributed by atoms with van der Waals surface area (Å²) in [6.45, 7) is 0.269. The molecule has 3 aromatic rings. The molecule has 1 heterocycles. The number of anilines is 1. The zero-order valence-corrected chi connectivity index (χ0v) is 12.0. The average molecular weight is 301 g/mol. The Bertz CT molecular complexity index is 885. The summed E-state index contributed by atoms with van der Waals surface area (Å²) < 4.78 is 27.2.